The molecule has 7 heteroatoms. The number of carboxylic acid groups (broad SMARTS) is 1. The molecule has 1 unspecified atom stereocenters. The van der Waals surface area contributed by atoms with Crippen molar-refractivity contribution in [2.75, 3.05) is 31.7 Å². The molecule has 1 atom stereocenters. The summed E-state index contributed by atoms with van der Waals surface area (Å²) >= 11 is 1.53. The van der Waals surface area contributed by atoms with E-state index in [1.807, 2.05) is 0 Å². The van der Waals surface area contributed by atoms with Crippen molar-refractivity contribution in [3.05, 3.63) is 0 Å². The van der Waals surface area contributed by atoms with Crippen molar-refractivity contribution in [1.29, 1.82) is 0 Å². The van der Waals surface area contributed by atoms with Crippen LogP contribution in [0.1, 0.15) is 0 Å². The molecule has 0 spiro atoms. The number of hydrogen-bond acceptors (Lipinski definition) is 4. The molecule has 6 nitrogen and oxygen atoms in total. The second kappa shape index (κ2) is 9.81. The molecule has 0 aliphatic heterocycles. The lowest BCUT2D eigenvalue weighted by Gasteiger charge is -2.12. The SMILES string of the molecule is C#CCSCCNC(=O)NCC(OC)C(=O)O. The highest BCUT2D eigenvalue weighted by Gasteiger charge is 2.16. The molecule has 0 heterocycles. The second-order valence-corrected chi connectivity index (χ2v) is 4.06. The van der Waals surface area contributed by atoms with Gasteiger partial charge in [0.25, 0.3) is 0 Å². The Morgan fingerprint density at radius 1 is 1.53 bits per heavy atom. The van der Waals surface area contributed by atoms with Crippen LogP contribution in [0.2, 0.25) is 0 Å². The maximum atomic E-state index is 11.2. The fourth-order valence-corrected chi connectivity index (χ4v) is 1.40. The number of aliphatic carboxylic acids is 1. The Morgan fingerprint density at radius 3 is 2.76 bits per heavy atom. The van der Waals surface area contributed by atoms with Gasteiger partial charge in [-0.3, -0.25) is 0 Å². The van der Waals surface area contributed by atoms with Gasteiger partial charge in [-0.2, -0.15) is 0 Å². The van der Waals surface area contributed by atoms with Crippen LogP contribution in [0.5, 0.6) is 0 Å². The van der Waals surface area contributed by atoms with Crippen LogP contribution in [0.3, 0.4) is 0 Å². The molecule has 0 aromatic heterocycles. The normalized spacial score (nSPS) is 11.3. The summed E-state index contributed by atoms with van der Waals surface area (Å²) in [5, 5.41) is 13.6. The summed E-state index contributed by atoms with van der Waals surface area (Å²) < 4.78 is 4.65. The number of amides is 2. The Bertz CT molecular complexity index is 291. The topological polar surface area (TPSA) is 87.7 Å². The summed E-state index contributed by atoms with van der Waals surface area (Å²) in [6.07, 6.45) is 4.02. The number of terminal acetylenes is 1. The molecule has 96 valence electrons. The minimum atomic E-state index is -1.11. The zero-order valence-corrected chi connectivity index (χ0v) is 10.4. The number of thioether (sulfide) groups is 1. The molecule has 0 bridgehead atoms. The fourth-order valence-electron chi connectivity index (χ4n) is 0.887. The van der Waals surface area contributed by atoms with Gasteiger partial charge in [0.15, 0.2) is 6.10 Å². The van der Waals surface area contributed by atoms with Crippen molar-refractivity contribution in [2.45, 2.75) is 6.10 Å². The van der Waals surface area contributed by atoms with Crippen LogP contribution in [0, 0.1) is 12.3 Å². The minimum absolute atomic E-state index is 0.0742. The van der Waals surface area contributed by atoms with Crippen molar-refractivity contribution in [1.82, 2.24) is 10.6 Å². The van der Waals surface area contributed by atoms with Crippen LogP contribution in [-0.2, 0) is 9.53 Å². The molecule has 0 aliphatic rings. The van der Waals surface area contributed by atoms with Crippen LogP contribution < -0.4 is 10.6 Å². The average molecular weight is 260 g/mol. The van der Waals surface area contributed by atoms with E-state index in [1.54, 1.807) is 0 Å². The second-order valence-electron chi connectivity index (χ2n) is 2.96. The average Bonchev–Trinajstić information content (AvgIpc) is 2.29. The van der Waals surface area contributed by atoms with Gasteiger partial charge in [-0.1, -0.05) is 5.92 Å². The molecular weight excluding hydrogens is 244 g/mol. The number of carbonyl (C=O) groups excluding carboxylic acids is 1. The first-order valence-corrected chi connectivity index (χ1v) is 6.05. The van der Waals surface area contributed by atoms with E-state index >= 15 is 0 Å². The van der Waals surface area contributed by atoms with Crippen molar-refractivity contribution in [2.24, 2.45) is 0 Å². The van der Waals surface area contributed by atoms with Gasteiger partial charge in [0, 0.05) is 19.4 Å². The lowest BCUT2D eigenvalue weighted by atomic mass is 10.3. The number of urea groups is 1. The van der Waals surface area contributed by atoms with Gasteiger partial charge in [0.1, 0.15) is 0 Å². The zero-order chi connectivity index (χ0) is 13.1. The van der Waals surface area contributed by atoms with Crippen molar-refractivity contribution in [3.63, 3.8) is 0 Å². The van der Waals surface area contributed by atoms with Crippen LogP contribution in [0.15, 0.2) is 0 Å². The van der Waals surface area contributed by atoms with Crippen LogP contribution in [0.25, 0.3) is 0 Å². The minimum Gasteiger partial charge on any atom is -0.479 e. The molecule has 0 saturated heterocycles. The van der Waals surface area contributed by atoms with E-state index in [4.69, 9.17) is 11.5 Å². The van der Waals surface area contributed by atoms with Crippen molar-refractivity contribution < 1.29 is 19.4 Å². The van der Waals surface area contributed by atoms with E-state index in [0.29, 0.717) is 18.1 Å². The van der Waals surface area contributed by atoms with Gasteiger partial charge in [0.2, 0.25) is 0 Å². The summed E-state index contributed by atoms with van der Waals surface area (Å²) in [7, 11) is 1.27. The van der Waals surface area contributed by atoms with E-state index < -0.39 is 18.1 Å². The standard InChI is InChI=1S/C10H16N2O4S/c1-3-5-17-6-4-11-10(15)12-7-8(16-2)9(13)14/h1,8H,4-7H2,2H3,(H,13,14)(H2,11,12,15). The number of nitrogens with one attached hydrogen (secondary N) is 2. The third-order valence-corrected chi connectivity index (χ3v) is 2.59. The fraction of sp³-hybridized carbons (Fsp3) is 0.600. The zero-order valence-electron chi connectivity index (χ0n) is 9.56. The Hall–Kier alpha value is -1.39. The number of ether oxygens (including phenoxy) is 1. The largest absolute Gasteiger partial charge is 0.479 e. The molecule has 0 saturated carbocycles. The maximum absolute atomic E-state index is 11.2. The van der Waals surface area contributed by atoms with Gasteiger partial charge in [-0.25, -0.2) is 9.59 Å². The first-order chi connectivity index (χ1) is 8.11. The quantitative estimate of drug-likeness (QED) is 0.414. The predicted molar refractivity (Wildman–Crippen MR) is 66.0 cm³/mol. The number of rotatable bonds is 8. The van der Waals surface area contributed by atoms with Crippen LogP contribution in [0.4, 0.5) is 4.79 Å². The lowest BCUT2D eigenvalue weighted by molar-refractivity contribution is -0.147. The van der Waals surface area contributed by atoms with E-state index in [0.717, 1.165) is 0 Å². The van der Waals surface area contributed by atoms with Crippen molar-refractivity contribution in [3.8, 4) is 12.3 Å². The maximum Gasteiger partial charge on any atom is 0.334 e. The molecule has 0 aliphatic carbocycles. The van der Waals surface area contributed by atoms with Gasteiger partial charge >= 0.3 is 12.0 Å². The molecule has 0 aromatic rings. The van der Waals surface area contributed by atoms with E-state index in [-0.39, 0.29) is 6.54 Å². The van der Waals surface area contributed by atoms with Gasteiger partial charge in [0.05, 0.1) is 12.3 Å². The van der Waals surface area contributed by atoms with E-state index in [9.17, 15) is 9.59 Å². The lowest BCUT2D eigenvalue weighted by Crippen LogP contribution is -2.43. The van der Waals surface area contributed by atoms with Crippen LogP contribution >= 0.6 is 11.8 Å². The highest BCUT2D eigenvalue weighted by molar-refractivity contribution is 7.99. The monoisotopic (exact) mass is 260 g/mol. The highest BCUT2D eigenvalue weighted by Crippen LogP contribution is 1.95. The first kappa shape index (κ1) is 15.6. The number of methoxy groups -OCH3 is 1. The Labute approximate surface area is 104 Å². The number of carbonyl (C=O) groups is 2. The third-order valence-electron chi connectivity index (χ3n) is 1.73. The predicted octanol–water partition coefficient (Wildman–Crippen LogP) is -0.248. The molecule has 0 aromatic carbocycles. The molecule has 0 fully saturated rings. The molecule has 0 radical (unpaired) electrons. The van der Waals surface area contributed by atoms with Crippen LogP contribution in [-0.4, -0.2) is 54.9 Å². The molecule has 17 heavy (non-hydrogen) atoms. The number of carboxylic acids is 1. The Morgan fingerprint density at radius 2 is 2.24 bits per heavy atom. The Balaban J connectivity index is 3.59. The van der Waals surface area contributed by atoms with Crippen molar-refractivity contribution >= 4 is 23.8 Å². The molecule has 0 rings (SSSR count). The first-order valence-electron chi connectivity index (χ1n) is 4.90. The summed E-state index contributed by atoms with van der Waals surface area (Å²) in [6.45, 7) is 0.401. The molecule has 2 amide bonds. The molecular formula is C10H16N2O4S. The van der Waals surface area contributed by atoms with Gasteiger partial charge < -0.3 is 20.5 Å². The van der Waals surface area contributed by atoms with E-state index in [1.165, 1.54) is 18.9 Å². The van der Waals surface area contributed by atoms with E-state index in [2.05, 4.69) is 21.3 Å². The summed E-state index contributed by atoms with van der Waals surface area (Å²) in [6, 6.07) is -0.422. The smallest absolute Gasteiger partial charge is 0.334 e. The van der Waals surface area contributed by atoms with Gasteiger partial charge in [-0.15, -0.1) is 18.2 Å². The molecule has 3 N–H and O–H groups in total. The summed E-state index contributed by atoms with van der Waals surface area (Å²) in [4.78, 5) is 21.8. The third kappa shape index (κ3) is 8.42. The summed E-state index contributed by atoms with van der Waals surface area (Å²) in [5.41, 5.74) is 0. The highest BCUT2D eigenvalue weighted by atomic mass is 32.2. The Kier molecular flexibility index (Phi) is 9.01. The van der Waals surface area contributed by atoms with Gasteiger partial charge in [-0.05, 0) is 0 Å². The number of hydrogen-bond donors (Lipinski definition) is 3. The summed E-state index contributed by atoms with van der Waals surface area (Å²) in [5.74, 6) is 2.67.